The van der Waals surface area contributed by atoms with E-state index in [0.29, 0.717) is 32.3 Å². The van der Waals surface area contributed by atoms with Crippen LogP contribution in [0.1, 0.15) is 0 Å². The van der Waals surface area contributed by atoms with Gasteiger partial charge in [-0.25, -0.2) is 0 Å². The SMILES string of the molecule is O=c1c(N=Nc2cc(Cl)cc(Cl)c2)c(O)c2ccccc2n1-c1ccccc1. The average Bonchev–Trinajstić information content (AvgIpc) is 2.68. The van der Waals surface area contributed by atoms with Gasteiger partial charge in [0.1, 0.15) is 0 Å². The maximum absolute atomic E-state index is 13.2. The van der Waals surface area contributed by atoms with Crippen LogP contribution in [0.2, 0.25) is 10.0 Å². The summed E-state index contributed by atoms with van der Waals surface area (Å²) in [6.45, 7) is 0. The molecule has 28 heavy (non-hydrogen) atoms. The van der Waals surface area contributed by atoms with E-state index in [0.717, 1.165) is 0 Å². The first-order valence-corrected chi connectivity index (χ1v) is 9.10. The Morgan fingerprint density at radius 2 is 1.46 bits per heavy atom. The van der Waals surface area contributed by atoms with Crippen molar-refractivity contribution in [1.29, 1.82) is 0 Å². The van der Waals surface area contributed by atoms with Crippen molar-refractivity contribution in [2.24, 2.45) is 10.2 Å². The van der Waals surface area contributed by atoms with Crippen molar-refractivity contribution in [1.82, 2.24) is 4.57 Å². The van der Waals surface area contributed by atoms with Gasteiger partial charge in [-0.15, -0.1) is 5.11 Å². The number of pyridine rings is 1. The molecule has 7 heteroatoms. The number of aromatic nitrogens is 1. The van der Waals surface area contributed by atoms with Crippen LogP contribution < -0.4 is 5.56 Å². The molecule has 0 radical (unpaired) electrons. The topological polar surface area (TPSA) is 66.9 Å². The molecule has 0 spiro atoms. The van der Waals surface area contributed by atoms with Crippen LogP contribution in [0, 0.1) is 0 Å². The van der Waals surface area contributed by atoms with E-state index in [1.807, 2.05) is 30.3 Å². The van der Waals surface area contributed by atoms with Crippen LogP contribution in [0.4, 0.5) is 11.4 Å². The van der Waals surface area contributed by atoms with Gasteiger partial charge in [-0.2, -0.15) is 5.11 Å². The van der Waals surface area contributed by atoms with E-state index in [9.17, 15) is 9.90 Å². The summed E-state index contributed by atoms with van der Waals surface area (Å²) < 4.78 is 1.49. The van der Waals surface area contributed by atoms with Crippen LogP contribution in [-0.4, -0.2) is 9.67 Å². The molecule has 0 aliphatic rings. The molecule has 1 heterocycles. The molecular weight excluding hydrogens is 397 g/mol. The molecule has 0 atom stereocenters. The number of hydrogen-bond donors (Lipinski definition) is 1. The minimum absolute atomic E-state index is 0.168. The fourth-order valence-corrected chi connectivity index (χ4v) is 3.46. The first-order chi connectivity index (χ1) is 13.5. The number of fused-ring (bicyclic) bond motifs is 1. The molecule has 3 aromatic carbocycles. The molecule has 0 amide bonds. The minimum Gasteiger partial charge on any atom is -0.505 e. The lowest BCUT2D eigenvalue weighted by atomic mass is 10.1. The standard InChI is InChI=1S/C21H13Cl2N3O2/c22-13-10-14(23)12-15(11-13)24-25-19-20(27)17-8-4-5-9-18(17)26(21(19)28)16-6-2-1-3-7-16/h1-12,27H. The summed E-state index contributed by atoms with van der Waals surface area (Å²) in [5, 5.41) is 20.0. The molecule has 0 bridgehead atoms. The molecule has 1 aromatic heterocycles. The number of halogens is 2. The second kappa shape index (κ2) is 7.46. The summed E-state index contributed by atoms with van der Waals surface area (Å²) in [5.41, 5.74) is 0.945. The number of benzene rings is 3. The van der Waals surface area contributed by atoms with Gasteiger partial charge in [0.15, 0.2) is 11.4 Å². The van der Waals surface area contributed by atoms with Gasteiger partial charge in [0.05, 0.1) is 11.2 Å². The van der Waals surface area contributed by atoms with Gasteiger partial charge >= 0.3 is 0 Å². The Hall–Kier alpha value is -3.15. The zero-order valence-electron chi connectivity index (χ0n) is 14.4. The summed E-state index contributed by atoms with van der Waals surface area (Å²) in [4.78, 5) is 13.2. The first kappa shape index (κ1) is 18.2. The number of nitrogens with zero attached hydrogens (tertiary/aromatic N) is 3. The van der Waals surface area contributed by atoms with Gasteiger partial charge in [0, 0.05) is 21.1 Å². The lowest BCUT2D eigenvalue weighted by molar-refractivity contribution is 0.481. The lowest BCUT2D eigenvalue weighted by Crippen LogP contribution is -2.18. The van der Waals surface area contributed by atoms with Crippen LogP contribution in [0.5, 0.6) is 5.75 Å². The zero-order valence-corrected chi connectivity index (χ0v) is 15.9. The van der Waals surface area contributed by atoms with Crippen LogP contribution >= 0.6 is 23.2 Å². The predicted molar refractivity (Wildman–Crippen MR) is 112 cm³/mol. The van der Waals surface area contributed by atoms with Crippen molar-refractivity contribution in [3.8, 4) is 11.4 Å². The normalized spacial score (nSPS) is 11.4. The highest BCUT2D eigenvalue weighted by Crippen LogP contribution is 2.34. The molecule has 0 aliphatic carbocycles. The van der Waals surface area contributed by atoms with Gasteiger partial charge in [-0.1, -0.05) is 53.5 Å². The molecule has 0 aliphatic heterocycles. The summed E-state index contributed by atoms with van der Waals surface area (Å²) in [6.07, 6.45) is 0. The summed E-state index contributed by atoms with van der Waals surface area (Å²) >= 11 is 12.0. The highest BCUT2D eigenvalue weighted by molar-refractivity contribution is 6.35. The van der Waals surface area contributed by atoms with E-state index in [2.05, 4.69) is 10.2 Å². The summed E-state index contributed by atoms with van der Waals surface area (Å²) in [5.74, 6) is -0.232. The Labute approximate surface area is 170 Å². The van der Waals surface area contributed by atoms with E-state index >= 15 is 0 Å². The van der Waals surface area contributed by atoms with Crippen molar-refractivity contribution in [3.63, 3.8) is 0 Å². The predicted octanol–water partition coefficient (Wildman–Crippen LogP) is 6.42. The van der Waals surface area contributed by atoms with Crippen molar-refractivity contribution in [2.45, 2.75) is 0 Å². The molecule has 0 saturated carbocycles. The van der Waals surface area contributed by atoms with E-state index in [1.165, 1.54) is 4.57 Å². The smallest absolute Gasteiger partial charge is 0.287 e. The van der Waals surface area contributed by atoms with E-state index in [4.69, 9.17) is 23.2 Å². The largest absolute Gasteiger partial charge is 0.505 e. The summed E-state index contributed by atoms with van der Waals surface area (Å²) in [7, 11) is 0. The minimum atomic E-state index is -0.487. The number of azo groups is 1. The Morgan fingerprint density at radius 1 is 0.821 bits per heavy atom. The molecular formula is C21H13Cl2N3O2. The van der Waals surface area contributed by atoms with Crippen molar-refractivity contribution in [2.75, 3.05) is 0 Å². The van der Waals surface area contributed by atoms with Gasteiger partial charge in [-0.3, -0.25) is 9.36 Å². The van der Waals surface area contributed by atoms with Gasteiger partial charge in [0.2, 0.25) is 0 Å². The molecule has 1 N–H and O–H groups in total. The van der Waals surface area contributed by atoms with Crippen molar-refractivity contribution >= 4 is 45.5 Å². The third-order valence-corrected chi connectivity index (χ3v) is 4.59. The molecule has 4 aromatic rings. The second-order valence-electron chi connectivity index (χ2n) is 6.02. The Balaban J connectivity index is 1.97. The van der Waals surface area contributed by atoms with Crippen molar-refractivity contribution in [3.05, 3.63) is 93.2 Å². The molecule has 138 valence electrons. The quantitative estimate of drug-likeness (QED) is 0.396. The fourth-order valence-electron chi connectivity index (χ4n) is 2.94. The lowest BCUT2D eigenvalue weighted by Gasteiger charge is -2.12. The fraction of sp³-hybridized carbons (Fsp3) is 0. The van der Waals surface area contributed by atoms with Gasteiger partial charge < -0.3 is 5.11 Å². The molecule has 0 fully saturated rings. The number of rotatable bonds is 3. The Bertz CT molecular complexity index is 1250. The summed E-state index contributed by atoms with van der Waals surface area (Å²) in [6, 6.07) is 20.9. The Kier molecular flexibility index (Phi) is 4.86. The number of aromatic hydroxyl groups is 1. The van der Waals surface area contributed by atoms with Crippen molar-refractivity contribution < 1.29 is 5.11 Å². The third-order valence-electron chi connectivity index (χ3n) is 4.16. The monoisotopic (exact) mass is 409 g/mol. The molecule has 0 unspecified atom stereocenters. The van der Waals surface area contributed by atoms with E-state index in [1.54, 1.807) is 42.5 Å². The third kappa shape index (κ3) is 3.38. The van der Waals surface area contributed by atoms with E-state index in [-0.39, 0.29) is 11.4 Å². The number of para-hydroxylation sites is 2. The average molecular weight is 410 g/mol. The molecule has 0 saturated heterocycles. The maximum atomic E-state index is 13.2. The molecule has 4 rings (SSSR count). The van der Waals surface area contributed by atoms with Crippen LogP contribution in [0.25, 0.3) is 16.6 Å². The number of hydrogen-bond acceptors (Lipinski definition) is 4. The van der Waals surface area contributed by atoms with Gasteiger partial charge in [0.25, 0.3) is 5.56 Å². The maximum Gasteiger partial charge on any atom is 0.287 e. The van der Waals surface area contributed by atoms with Crippen LogP contribution in [-0.2, 0) is 0 Å². The van der Waals surface area contributed by atoms with Crippen LogP contribution in [0.15, 0.2) is 87.8 Å². The highest BCUT2D eigenvalue weighted by atomic mass is 35.5. The second-order valence-corrected chi connectivity index (χ2v) is 6.89. The molecule has 5 nitrogen and oxygen atoms in total. The van der Waals surface area contributed by atoms with Gasteiger partial charge in [-0.05, 0) is 42.5 Å². The zero-order chi connectivity index (χ0) is 19.7. The first-order valence-electron chi connectivity index (χ1n) is 8.34. The van der Waals surface area contributed by atoms with Crippen LogP contribution in [0.3, 0.4) is 0 Å². The Morgan fingerprint density at radius 3 is 2.18 bits per heavy atom. The van der Waals surface area contributed by atoms with E-state index < -0.39 is 5.56 Å². The highest BCUT2D eigenvalue weighted by Gasteiger charge is 2.17.